The molecule has 0 aliphatic carbocycles. The van der Waals surface area contributed by atoms with Crippen molar-refractivity contribution < 1.29 is 4.39 Å². The minimum atomic E-state index is -0.198. The lowest BCUT2D eigenvalue weighted by Gasteiger charge is -2.32. The Morgan fingerprint density at radius 3 is 2.70 bits per heavy atom. The summed E-state index contributed by atoms with van der Waals surface area (Å²) in [6, 6.07) is 5.64. The Morgan fingerprint density at radius 1 is 1.15 bits per heavy atom. The van der Waals surface area contributed by atoms with E-state index in [1.54, 1.807) is 12.1 Å². The van der Waals surface area contributed by atoms with Crippen molar-refractivity contribution in [1.82, 2.24) is 4.90 Å². The molecular weight excluding hydrogens is 275 g/mol. The summed E-state index contributed by atoms with van der Waals surface area (Å²) in [5, 5.41) is 0. The molecule has 0 saturated carbocycles. The molecule has 2 heterocycles. The zero-order valence-electron chi connectivity index (χ0n) is 11.8. The number of halogens is 2. The van der Waals surface area contributed by atoms with Crippen LogP contribution in [0.15, 0.2) is 18.2 Å². The summed E-state index contributed by atoms with van der Waals surface area (Å²) in [4.78, 5) is 5.00. The molecule has 4 heteroatoms. The van der Waals surface area contributed by atoms with Crippen molar-refractivity contribution in [2.75, 3.05) is 31.1 Å². The quantitative estimate of drug-likeness (QED) is 0.786. The number of benzene rings is 1. The number of nitrogens with zero attached hydrogens (tertiary/aromatic N) is 2. The van der Waals surface area contributed by atoms with E-state index in [-0.39, 0.29) is 5.82 Å². The second kappa shape index (κ2) is 6.31. The van der Waals surface area contributed by atoms with Gasteiger partial charge in [0, 0.05) is 30.7 Å². The average molecular weight is 297 g/mol. The zero-order chi connectivity index (χ0) is 13.9. The van der Waals surface area contributed by atoms with Crippen LogP contribution in [0.5, 0.6) is 0 Å². The van der Waals surface area contributed by atoms with Gasteiger partial charge in [-0.3, -0.25) is 4.90 Å². The molecule has 0 N–H and O–H groups in total. The van der Waals surface area contributed by atoms with E-state index in [1.807, 2.05) is 6.07 Å². The molecule has 0 radical (unpaired) electrons. The van der Waals surface area contributed by atoms with E-state index in [0.717, 1.165) is 24.3 Å². The highest BCUT2D eigenvalue weighted by Crippen LogP contribution is 2.29. The summed E-state index contributed by atoms with van der Waals surface area (Å²) < 4.78 is 13.3. The van der Waals surface area contributed by atoms with Crippen molar-refractivity contribution >= 4 is 17.3 Å². The number of piperidine rings is 1. The van der Waals surface area contributed by atoms with Gasteiger partial charge in [0.25, 0.3) is 0 Å². The highest BCUT2D eigenvalue weighted by molar-refractivity contribution is 6.17. The molecule has 20 heavy (non-hydrogen) atoms. The molecule has 0 aromatic heterocycles. The third-order valence-electron chi connectivity index (χ3n) is 4.60. The Bertz CT molecular complexity index is 460. The number of anilines is 1. The molecule has 2 aliphatic rings. The van der Waals surface area contributed by atoms with E-state index in [4.69, 9.17) is 11.6 Å². The Kier molecular flexibility index (Phi) is 4.47. The number of hydrogen-bond donors (Lipinski definition) is 0. The first-order valence-corrected chi connectivity index (χ1v) is 8.15. The number of likely N-dealkylation sites (tertiary alicyclic amines) is 1. The first-order valence-electron chi connectivity index (χ1n) is 7.61. The maximum Gasteiger partial charge on any atom is 0.123 e. The molecule has 0 bridgehead atoms. The Labute approximate surface area is 125 Å². The van der Waals surface area contributed by atoms with E-state index in [9.17, 15) is 4.39 Å². The van der Waals surface area contributed by atoms with Gasteiger partial charge in [-0.05, 0) is 56.1 Å². The number of rotatable bonds is 3. The summed E-state index contributed by atoms with van der Waals surface area (Å²) >= 11 is 5.96. The van der Waals surface area contributed by atoms with Gasteiger partial charge in [0.2, 0.25) is 0 Å². The summed E-state index contributed by atoms with van der Waals surface area (Å²) in [6.07, 6.45) is 5.25. The molecule has 2 saturated heterocycles. The van der Waals surface area contributed by atoms with Gasteiger partial charge in [0.05, 0.1) is 0 Å². The predicted molar refractivity (Wildman–Crippen MR) is 82.0 cm³/mol. The molecule has 1 aromatic carbocycles. The number of alkyl halides is 1. The molecule has 1 atom stereocenters. The van der Waals surface area contributed by atoms with Crippen LogP contribution in [0.3, 0.4) is 0 Å². The van der Waals surface area contributed by atoms with Crippen molar-refractivity contribution in [2.45, 2.75) is 37.6 Å². The summed E-state index contributed by atoms with van der Waals surface area (Å²) in [5.41, 5.74) is 2.02. The van der Waals surface area contributed by atoms with Crippen LogP contribution in [-0.2, 0) is 5.88 Å². The third-order valence-corrected chi connectivity index (χ3v) is 4.88. The molecule has 3 rings (SSSR count). The summed E-state index contributed by atoms with van der Waals surface area (Å²) in [7, 11) is 0. The lowest BCUT2D eigenvalue weighted by Crippen LogP contribution is -2.40. The highest BCUT2D eigenvalue weighted by atomic mass is 35.5. The van der Waals surface area contributed by atoms with Crippen LogP contribution in [0, 0.1) is 5.82 Å². The molecule has 2 nitrogen and oxygen atoms in total. The van der Waals surface area contributed by atoms with Gasteiger partial charge in [-0.2, -0.15) is 0 Å². The first-order chi connectivity index (χ1) is 9.78. The van der Waals surface area contributed by atoms with Gasteiger partial charge >= 0.3 is 0 Å². The van der Waals surface area contributed by atoms with E-state index in [2.05, 4.69) is 9.80 Å². The van der Waals surface area contributed by atoms with Crippen LogP contribution in [0.2, 0.25) is 0 Å². The van der Waals surface area contributed by atoms with E-state index < -0.39 is 0 Å². The predicted octanol–water partition coefficient (Wildman–Crippen LogP) is 3.63. The fourth-order valence-corrected chi connectivity index (χ4v) is 3.73. The van der Waals surface area contributed by atoms with Crippen molar-refractivity contribution in [3.05, 3.63) is 29.6 Å². The largest absolute Gasteiger partial charge is 0.370 e. The minimum Gasteiger partial charge on any atom is -0.370 e. The maximum absolute atomic E-state index is 13.3. The Hall–Kier alpha value is -0.800. The third kappa shape index (κ3) is 2.94. The average Bonchev–Trinajstić information content (AvgIpc) is 2.97. The van der Waals surface area contributed by atoms with E-state index in [0.29, 0.717) is 11.9 Å². The fourth-order valence-electron chi connectivity index (χ4n) is 3.51. The molecule has 0 amide bonds. The SMILES string of the molecule is Fc1ccc(N2CCC(N3CCCCC3)C2)c(CCl)c1. The van der Waals surface area contributed by atoms with E-state index in [1.165, 1.54) is 38.8 Å². The van der Waals surface area contributed by atoms with Crippen molar-refractivity contribution in [1.29, 1.82) is 0 Å². The highest BCUT2D eigenvalue weighted by Gasteiger charge is 2.29. The summed E-state index contributed by atoms with van der Waals surface area (Å²) in [5.74, 6) is 0.175. The van der Waals surface area contributed by atoms with Crippen molar-refractivity contribution in [3.8, 4) is 0 Å². The molecule has 110 valence electrons. The van der Waals surface area contributed by atoms with Crippen LogP contribution >= 0.6 is 11.6 Å². The molecule has 1 unspecified atom stereocenters. The van der Waals surface area contributed by atoms with Crippen LogP contribution in [0.25, 0.3) is 0 Å². The minimum absolute atomic E-state index is 0.198. The smallest absolute Gasteiger partial charge is 0.123 e. The van der Waals surface area contributed by atoms with Crippen LogP contribution in [0.1, 0.15) is 31.2 Å². The normalized spacial score (nSPS) is 24.3. The summed E-state index contributed by atoms with van der Waals surface area (Å²) in [6.45, 7) is 4.58. The maximum atomic E-state index is 13.3. The van der Waals surface area contributed by atoms with Crippen LogP contribution in [0.4, 0.5) is 10.1 Å². The van der Waals surface area contributed by atoms with Crippen LogP contribution in [-0.4, -0.2) is 37.1 Å². The Balaban J connectivity index is 1.70. The second-order valence-corrected chi connectivity index (χ2v) is 6.16. The lowest BCUT2D eigenvalue weighted by molar-refractivity contribution is 0.175. The monoisotopic (exact) mass is 296 g/mol. The van der Waals surface area contributed by atoms with Gasteiger partial charge in [0.1, 0.15) is 5.82 Å². The van der Waals surface area contributed by atoms with Gasteiger partial charge in [-0.1, -0.05) is 6.42 Å². The van der Waals surface area contributed by atoms with Crippen LogP contribution < -0.4 is 4.90 Å². The van der Waals surface area contributed by atoms with E-state index >= 15 is 0 Å². The molecule has 1 aromatic rings. The van der Waals surface area contributed by atoms with Gasteiger partial charge in [0.15, 0.2) is 0 Å². The topological polar surface area (TPSA) is 6.48 Å². The van der Waals surface area contributed by atoms with Crippen molar-refractivity contribution in [3.63, 3.8) is 0 Å². The van der Waals surface area contributed by atoms with Crippen molar-refractivity contribution in [2.24, 2.45) is 0 Å². The molecule has 2 aliphatic heterocycles. The molecule has 0 spiro atoms. The Morgan fingerprint density at radius 2 is 1.95 bits per heavy atom. The fraction of sp³-hybridized carbons (Fsp3) is 0.625. The number of hydrogen-bond acceptors (Lipinski definition) is 2. The van der Waals surface area contributed by atoms with Gasteiger partial charge < -0.3 is 4.90 Å². The zero-order valence-corrected chi connectivity index (χ0v) is 12.6. The standard InChI is InChI=1S/C16H22ClFN2/c17-11-13-10-14(18)4-5-16(13)20-9-6-15(12-20)19-7-2-1-3-8-19/h4-5,10,15H,1-3,6-9,11-12H2. The van der Waals surface area contributed by atoms with Gasteiger partial charge in [-0.25, -0.2) is 4.39 Å². The first kappa shape index (κ1) is 14.2. The van der Waals surface area contributed by atoms with Gasteiger partial charge in [-0.15, -0.1) is 11.6 Å². The molecule has 2 fully saturated rings. The lowest BCUT2D eigenvalue weighted by atomic mass is 10.1. The second-order valence-electron chi connectivity index (χ2n) is 5.89. The molecular formula is C16H22ClFN2.